The molecule has 2 aromatic carbocycles. The fraction of sp³-hybridized carbons (Fsp3) is 0.280. The van der Waals surface area contributed by atoms with Gasteiger partial charge in [0.1, 0.15) is 17.0 Å². The number of carbonyl (C=O) groups is 3. The van der Waals surface area contributed by atoms with Gasteiger partial charge < -0.3 is 14.7 Å². The number of rotatable bonds is 7. The molecule has 176 valence electrons. The van der Waals surface area contributed by atoms with Crippen molar-refractivity contribution in [3.05, 3.63) is 70.7 Å². The summed E-state index contributed by atoms with van der Waals surface area (Å²) in [5.41, 5.74) is 3.12. The van der Waals surface area contributed by atoms with Gasteiger partial charge in [0, 0.05) is 12.5 Å². The van der Waals surface area contributed by atoms with E-state index in [-0.39, 0.29) is 29.1 Å². The van der Waals surface area contributed by atoms with Crippen LogP contribution in [0.25, 0.3) is 11.1 Å². The minimum absolute atomic E-state index is 0.0667. The minimum atomic E-state index is -1.38. The number of aromatic nitrogens is 1. The summed E-state index contributed by atoms with van der Waals surface area (Å²) >= 11 is 0.969. The second kappa shape index (κ2) is 9.26. The highest BCUT2D eigenvalue weighted by atomic mass is 32.1. The molecule has 0 saturated carbocycles. The average molecular weight is 480 g/mol. The van der Waals surface area contributed by atoms with E-state index >= 15 is 0 Å². The van der Waals surface area contributed by atoms with Gasteiger partial charge in [-0.05, 0) is 43.0 Å². The zero-order valence-electron chi connectivity index (χ0n) is 19.1. The van der Waals surface area contributed by atoms with Gasteiger partial charge in [-0.3, -0.25) is 10.1 Å². The standard InChI is InChI=1S/C25H25N3O5S/c1-4-28(25(2,3)22(30)31)21(29)20-13-26-23(34-20)27-24(32)33-14-19-17-11-7-5-9-15(17)16-10-6-8-12-18(16)19/h5-13,19H,4,14H2,1-3H3,(H,30,31)(H,26,27,32). The number of likely N-dealkylation sites (N-methyl/N-ethyl adjacent to an activating group) is 1. The minimum Gasteiger partial charge on any atom is -0.480 e. The van der Waals surface area contributed by atoms with E-state index in [1.165, 1.54) is 24.9 Å². The molecule has 3 aromatic rings. The van der Waals surface area contributed by atoms with Crippen molar-refractivity contribution in [3.63, 3.8) is 0 Å². The number of carbonyl (C=O) groups excluding carboxylic acids is 2. The van der Waals surface area contributed by atoms with Gasteiger partial charge in [0.05, 0.1) is 6.20 Å². The van der Waals surface area contributed by atoms with Crippen molar-refractivity contribution in [2.45, 2.75) is 32.2 Å². The van der Waals surface area contributed by atoms with E-state index in [4.69, 9.17) is 4.74 Å². The van der Waals surface area contributed by atoms with Crippen LogP contribution in [-0.4, -0.2) is 51.7 Å². The summed E-state index contributed by atoms with van der Waals surface area (Å²) in [5.74, 6) is -1.64. The lowest BCUT2D eigenvalue weighted by atomic mass is 9.98. The van der Waals surface area contributed by atoms with Crippen LogP contribution in [0.15, 0.2) is 54.7 Å². The number of anilines is 1. The van der Waals surface area contributed by atoms with Crippen LogP contribution >= 0.6 is 11.3 Å². The molecule has 1 aliphatic rings. The molecule has 9 heteroatoms. The van der Waals surface area contributed by atoms with E-state index in [1.807, 2.05) is 36.4 Å². The Morgan fingerprint density at radius 1 is 1.09 bits per heavy atom. The zero-order chi connectivity index (χ0) is 24.5. The molecule has 0 saturated heterocycles. The number of nitrogens with zero attached hydrogens (tertiary/aromatic N) is 2. The number of nitrogens with one attached hydrogen (secondary N) is 1. The number of carboxylic acids is 1. The van der Waals surface area contributed by atoms with Crippen LogP contribution in [0.4, 0.5) is 9.93 Å². The number of thiazole rings is 1. The molecule has 1 heterocycles. The maximum Gasteiger partial charge on any atom is 0.413 e. The van der Waals surface area contributed by atoms with E-state index < -0.39 is 23.5 Å². The van der Waals surface area contributed by atoms with E-state index in [1.54, 1.807) is 6.92 Å². The monoisotopic (exact) mass is 479 g/mol. The third-order valence-electron chi connectivity index (χ3n) is 6.03. The van der Waals surface area contributed by atoms with E-state index in [2.05, 4.69) is 22.4 Å². The first-order valence-electron chi connectivity index (χ1n) is 10.9. The molecule has 4 rings (SSSR count). The Morgan fingerprint density at radius 3 is 2.24 bits per heavy atom. The molecule has 1 aromatic heterocycles. The lowest BCUT2D eigenvalue weighted by molar-refractivity contribution is -0.147. The van der Waals surface area contributed by atoms with Gasteiger partial charge in [0.25, 0.3) is 5.91 Å². The van der Waals surface area contributed by atoms with Gasteiger partial charge in [0.15, 0.2) is 5.13 Å². The first-order chi connectivity index (χ1) is 16.2. The number of aliphatic carboxylic acids is 1. The molecule has 0 aliphatic heterocycles. The number of carboxylic acid groups (broad SMARTS) is 1. The van der Waals surface area contributed by atoms with Gasteiger partial charge >= 0.3 is 12.1 Å². The third-order valence-corrected chi connectivity index (χ3v) is 6.93. The van der Waals surface area contributed by atoms with Crippen molar-refractivity contribution in [2.75, 3.05) is 18.5 Å². The predicted molar refractivity (Wildman–Crippen MR) is 129 cm³/mol. The molecule has 0 bridgehead atoms. The van der Waals surface area contributed by atoms with Crippen molar-refractivity contribution >= 4 is 34.4 Å². The summed E-state index contributed by atoms with van der Waals surface area (Å²) in [6, 6.07) is 16.1. The maximum atomic E-state index is 12.8. The van der Waals surface area contributed by atoms with Crippen molar-refractivity contribution in [1.82, 2.24) is 9.88 Å². The molecular formula is C25H25N3O5S. The van der Waals surface area contributed by atoms with Crippen molar-refractivity contribution in [3.8, 4) is 11.1 Å². The molecular weight excluding hydrogens is 454 g/mol. The number of amides is 2. The lowest BCUT2D eigenvalue weighted by Gasteiger charge is -2.33. The fourth-order valence-electron chi connectivity index (χ4n) is 4.19. The normalized spacial score (nSPS) is 12.6. The molecule has 34 heavy (non-hydrogen) atoms. The van der Waals surface area contributed by atoms with Gasteiger partial charge in [-0.25, -0.2) is 14.6 Å². The van der Waals surface area contributed by atoms with Crippen molar-refractivity contribution in [2.24, 2.45) is 0 Å². The summed E-state index contributed by atoms with van der Waals surface area (Å²) in [6.45, 7) is 5.01. The topological polar surface area (TPSA) is 109 Å². The van der Waals surface area contributed by atoms with Crippen LogP contribution in [0.3, 0.4) is 0 Å². The zero-order valence-corrected chi connectivity index (χ0v) is 19.9. The Morgan fingerprint density at radius 2 is 1.68 bits per heavy atom. The highest BCUT2D eigenvalue weighted by molar-refractivity contribution is 7.17. The van der Waals surface area contributed by atoms with Crippen LogP contribution in [0, 0.1) is 0 Å². The molecule has 0 atom stereocenters. The van der Waals surface area contributed by atoms with E-state index in [0.717, 1.165) is 33.6 Å². The Labute approximate surface area is 201 Å². The number of hydrogen-bond acceptors (Lipinski definition) is 6. The van der Waals surface area contributed by atoms with Gasteiger partial charge in [-0.1, -0.05) is 59.9 Å². The maximum absolute atomic E-state index is 12.8. The molecule has 2 N–H and O–H groups in total. The largest absolute Gasteiger partial charge is 0.480 e. The van der Waals surface area contributed by atoms with Crippen molar-refractivity contribution < 1.29 is 24.2 Å². The molecule has 0 unspecified atom stereocenters. The van der Waals surface area contributed by atoms with Crippen LogP contribution in [0.2, 0.25) is 0 Å². The second-order valence-electron chi connectivity index (χ2n) is 8.39. The SMILES string of the molecule is CCN(C(=O)c1cnc(NC(=O)OCC2c3ccccc3-c3ccccc32)s1)C(C)(C)C(=O)O. The van der Waals surface area contributed by atoms with Gasteiger partial charge in [-0.15, -0.1) is 0 Å². The van der Waals surface area contributed by atoms with Gasteiger partial charge in [-0.2, -0.15) is 0 Å². The summed E-state index contributed by atoms with van der Waals surface area (Å²) in [4.78, 5) is 42.4. The number of hydrogen-bond donors (Lipinski definition) is 2. The Balaban J connectivity index is 1.42. The summed E-state index contributed by atoms with van der Waals surface area (Å²) in [5, 5.41) is 12.2. The molecule has 0 fully saturated rings. The summed E-state index contributed by atoms with van der Waals surface area (Å²) < 4.78 is 5.51. The fourth-order valence-corrected chi connectivity index (χ4v) is 4.94. The van der Waals surface area contributed by atoms with Crippen LogP contribution < -0.4 is 5.32 Å². The Hall–Kier alpha value is -3.72. The van der Waals surface area contributed by atoms with E-state index in [9.17, 15) is 19.5 Å². The highest BCUT2D eigenvalue weighted by Gasteiger charge is 2.38. The number of ether oxygens (including phenoxy) is 1. The Kier molecular flexibility index (Phi) is 6.39. The Bertz CT molecular complexity index is 1210. The van der Waals surface area contributed by atoms with Crippen LogP contribution in [0.5, 0.6) is 0 Å². The predicted octanol–water partition coefficient (Wildman–Crippen LogP) is 4.83. The number of fused-ring (bicyclic) bond motifs is 3. The van der Waals surface area contributed by atoms with Crippen molar-refractivity contribution in [1.29, 1.82) is 0 Å². The van der Waals surface area contributed by atoms with Crippen LogP contribution in [0.1, 0.15) is 47.5 Å². The van der Waals surface area contributed by atoms with Crippen LogP contribution in [-0.2, 0) is 9.53 Å². The molecule has 8 nitrogen and oxygen atoms in total. The lowest BCUT2D eigenvalue weighted by Crippen LogP contribution is -2.52. The molecule has 0 spiro atoms. The first-order valence-corrected chi connectivity index (χ1v) is 11.7. The molecule has 0 radical (unpaired) electrons. The van der Waals surface area contributed by atoms with Gasteiger partial charge in [0.2, 0.25) is 0 Å². The van der Waals surface area contributed by atoms with E-state index in [0.29, 0.717) is 0 Å². The summed E-state index contributed by atoms with van der Waals surface area (Å²) in [7, 11) is 0. The average Bonchev–Trinajstić information content (AvgIpc) is 3.40. The third kappa shape index (κ3) is 4.26. The smallest absolute Gasteiger partial charge is 0.413 e. The quantitative estimate of drug-likeness (QED) is 0.502. The first kappa shape index (κ1) is 23.4. The highest BCUT2D eigenvalue weighted by Crippen LogP contribution is 2.44. The molecule has 1 aliphatic carbocycles. The molecule has 2 amide bonds. The summed E-state index contributed by atoms with van der Waals surface area (Å²) in [6.07, 6.45) is 0.653. The number of benzene rings is 2. The second-order valence-corrected chi connectivity index (χ2v) is 9.42.